The lowest BCUT2D eigenvalue weighted by atomic mass is 10.2. The summed E-state index contributed by atoms with van der Waals surface area (Å²) in [5.74, 6) is 0.725. The van der Waals surface area contributed by atoms with Gasteiger partial charge in [0, 0.05) is 17.9 Å². The zero-order chi connectivity index (χ0) is 18.7. The quantitative estimate of drug-likeness (QED) is 0.738. The number of nitrogens with zero attached hydrogens (tertiary/aromatic N) is 5. The van der Waals surface area contributed by atoms with Gasteiger partial charge in [0.25, 0.3) is 0 Å². The summed E-state index contributed by atoms with van der Waals surface area (Å²) in [4.78, 5) is 16.4. The topological polar surface area (TPSA) is 89.7 Å². The molecule has 0 aliphatic carbocycles. The van der Waals surface area contributed by atoms with Gasteiger partial charge in [-0.15, -0.1) is 0 Å². The van der Waals surface area contributed by atoms with Gasteiger partial charge in [-0.3, -0.25) is 0 Å². The molecule has 1 aromatic carbocycles. The van der Waals surface area contributed by atoms with Crippen LogP contribution in [0, 0.1) is 13.8 Å². The van der Waals surface area contributed by atoms with Gasteiger partial charge in [-0.05, 0) is 58.0 Å². The fraction of sp³-hybridized carbons (Fsp3) is 0.333. The highest BCUT2D eigenvalue weighted by Crippen LogP contribution is 2.16. The molecule has 8 heteroatoms. The summed E-state index contributed by atoms with van der Waals surface area (Å²) in [5, 5.41) is 14.3. The van der Waals surface area contributed by atoms with Crippen molar-refractivity contribution in [3.05, 3.63) is 53.9 Å². The second-order valence-corrected chi connectivity index (χ2v) is 6.14. The third-order valence-corrected chi connectivity index (χ3v) is 4.06. The Hall–Kier alpha value is -3.16. The fourth-order valence-electron chi connectivity index (χ4n) is 2.86. The van der Waals surface area contributed by atoms with Gasteiger partial charge in [-0.1, -0.05) is 0 Å². The minimum Gasteiger partial charge on any atom is -0.328 e. The van der Waals surface area contributed by atoms with Crippen LogP contribution in [0.4, 0.5) is 10.5 Å². The fourth-order valence-corrected chi connectivity index (χ4v) is 2.86. The van der Waals surface area contributed by atoms with Crippen molar-refractivity contribution in [1.82, 2.24) is 29.9 Å². The lowest BCUT2D eigenvalue weighted by Crippen LogP contribution is -2.32. The number of carbonyl (C=O) groups excluding carboxylic acids is 1. The smallest absolute Gasteiger partial charge is 0.319 e. The molecular formula is C18H23N7O. The van der Waals surface area contributed by atoms with Gasteiger partial charge in [0.15, 0.2) is 0 Å². The molecule has 136 valence electrons. The number of amides is 2. The first-order chi connectivity index (χ1) is 12.5. The number of nitrogens with one attached hydrogen (secondary N) is 2. The Morgan fingerprint density at radius 3 is 2.58 bits per heavy atom. The molecule has 0 radical (unpaired) electrons. The highest BCUT2D eigenvalue weighted by molar-refractivity contribution is 5.89. The summed E-state index contributed by atoms with van der Waals surface area (Å²) in [6.07, 6.45) is 1.49. The van der Waals surface area contributed by atoms with E-state index in [1.165, 1.54) is 6.33 Å². The molecule has 0 saturated heterocycles. The number of aryl methyl sites for hydroxylation is 3. The van der Waals surface area contributed by atoms with Crippen LogP contribution < -0.4 is 10.6 Å². The average Bonchev–Trinajstić information content (AvgIpc) is 3.21. The summed E-state index contributed by atoms with van der Waals surface area (Å²) in [7, 11) is 0. The first kappa shape index (κ1) is 17.7. The molecule has 2 heterocycles. The molecule has 2 N–H and O–H groups in total. The summed E-state index contributed by atoms with van der Waals surface area (Å²) >= 11 is 0. The predicted molar refractivity (Wildman–Crippen MR) is 99.3 cm³/mol. The Kier molecular flexibility index (Phi) is 5.01. The van der Waals surface area contributed by atoms with E-state index >= 15 is 0 Å². The molecule has 2 aromatic heterocycles. The molecule has 0 bridgehead atoms. The van der Waals surface area contributed by atoms with E-state index < -0.39 is 0 Å². The number of carbonyl (C=O) groups is 1. The molecule has 3 rings (SSSR count). The van der Waals surface area contributed by atoms with Crippen LogP contribution in [0.2, 0.25) is 0 Å². The van der Waals surface area contributed by atoms with Crippen molar-refractivity contribution in [2.24, 2.45) is 0 Å². The third-order valence-electron chi connectivity index (χ3n) is 4.06. The largest absolute Gasteiger partial charge is 0.328 e. The van der Waals surface area contributed by atoms with E-state index in [4.69, 9.17) is 0 Å². The second kappa shape index (κ2) is 7.38. The van der Waals surface area contributed by atoms with E-state index in [9.17, 15) is 4.79 Å². The average molecular weight is 353 g/mol. The van der Waals surface area contributed by atoms with Crippen molar-refractivity contribution in [3.8, 4) is 5.69 Å². The van der Waals surface area contributed by atoms with Crippen LogP contribution in [-0.2, 0) is 6.54 Å². The van der Waals surface area contributed by atoms with E-state index in [0.717, 1.165) is 22.9 Å². The molecule has 1 unspecified atom stereocenters. The Balaban J connectivity index is 1.63. The van der Waals surface area contributed by atoms with E-state index in [2.05, 4.69) is 25.8 Å². The maximum atomic E-state index is 12.2. The zero-order valence-electron chi connectivity index (χ0n) is 15.4. The van der Waals surface area contributed by atoms with Gasteiger partial charge in [0.05, 0.1) is 17.4 Å². The Labute approximate surface area is 152 Å². The maximum Gasteiger partial charge on any atom is 0.319 e. The van der Waals surface area contributed by atoms with Crippen molar-refractivity contribution in [1.29, 1.82) is 0 Å². The Morgan fingerprint density at radius 2 is 1.96 bits per heavy atom. The number of hydrogen-bond acceptors (Lipinski definition) is 4. The number of aromatic nitrogens is 5. The number of hydrogen-bond donors (Lipinski definition) is 2. The van der Waals surface area contributed by atoms with Crippen LogP contribution in [0.25, 0.3) is 5.69 Å². The number of anilines is 1. The van der Waals surface area contributed by atoms with E-state index in [-0.39, 0.29) is 12.1 Å². The summed E-state index contributed by atoms with van der Waals surface area (Å²) in [6, 6.07) is 9.04. The lowest BCUT2D eigenvalue weighted by molar-refractivity contribution is 0.248. The van der Waals surface area contributed by atoms with Crippen molar-refractivity contribution in [3.63, 3.8) is 0 Å². The van der Waals surface area contributed by atoms with E-state index in [1.807, 2.05) is 62.7 Å². The highest BCUT2D eigenvalue weighted by Gasteiger charge is 2.15. The molecule has 0 spiro atoms. The van der Waals surface area contributed by atoms with E-state index in [1.54, 1.807) is 4.68 Å². The number of urea groups is 1. The molecule has 0 aliphatic heterocycles. The zero-order valence-corrected chi connectivity index (χ0v) is 15.4. The Morgan fingerprint density at radius 1 is 1.23 bits per heavy atom. The van der Waals surface area contributed by atoms with E-state index in [0.29, 0.717) is 12.2 Å². The summed E-state index contributed by atoms with van der Waals surface area (Å²) < 4.78 is 3.63. The normalized spacial score (nSPS) is 12.0. The molecule has 26 heavy (non-hydrogen) atoms. The molecule has 0 saturated carbocycles. The molecule has 8 nitrogen and oxygen atoms in total. The van der Waals surface area contributed by atoms with Gasteiger partial charge < -0.3 is 10.6 Å². The first-order valence-electron chi connectivity index (χ1n) is 8.57. The minimum absolute atomic E-state index is 0.244. The van der Waals surface area contributed by atoms with Crippen molar-refractivity contribution in [2.45, 2.75) is 40.3 Å². The van der Waals surface area contributed by atoms with Crippen LogP contribution in [0.5, 0.6) is 0 Å². The van der Waals surface area contributed by atoms with Crippen molar-refractivity contribution < 1.29 is 4.79 Å². The molecule has 2 amide bonds. The predicted octanol–water partition coefficient (Wildman–Crippen LogP) is 2.98. The SMILES string of the molecule is CCn1ncnc1C(C)NC(=O)Nc1ccc(-n2nc(C)cc2C)cc1. The minimum atomic E-state index is -0.290. The van der Waals surface area contributed by atoms with Crippen LogP contribution in [-0.4, -0.2) is 30.6 Å². The van der Waals surface area contributed by atoms with Crippen LogP contribution >= 0.6 is 0 Å². The summed E-state index contributed by atoms with van der Waals surface area (Å²) in [5.41, 5.74) is 3.69. The molecule has 0 aliphatic rings. The molecular weight excluding hydrogens is 330 g/mol. The van der Waals surface area contributed by atoms with Crippen LogP contribution in [0.3, 0.4) is 0 Å². The van der Waals surface area contributed by atoms with Crippen molar-refractivity contribution >= 4 is 11.7 Å². The lowest BCUT2D eigenvalue weighted by Gasteiger charge is -2.15. The maximum absolute atomic E-state index is 12.2. The van der Waals surface area contributed by atoms with Gasteiger partial charge in [0.1, 0.15) is 12.2 Å². The van der Waals surface area contributed by atoms with Crippen molar-refractivity contribution in [2.75, 3.05) is 5.32 Å². The highest BCUT2D eigenvalue weighted by atomic mass is 16.2. The molecule has 1 atom stereocenters. The van der Waals surface area contributed by atoms with Gasteiger partial charge in [-0.25, -0.2) is 19.1 Å². The monoisotopic (exact) mass is 353 g/mol. The van der Waals surface area contributed by atoms with Gasteiger partial charge in [-0.2, -0.15) is 10.2 Å². The molecule has 0 fully saturated rings. The van der Waals surface area contributed by atoms with Gasteiger partial charge >= 0.3 is 6.03 Å². The number of benzene rings is 1. The standard InChI is InChI=1S/C18H23N7O/c1-5-24-17(19-11-20-24)14(4)21-18(26)22-15-6-8-16(9-7-15)25-13(3)10-12(2)23-25/h6-11,14H,5H2,1-4H3,(H2,21,22,26). The van der Waals surface area contributed by atoms with Gasteiger partial charge in [0.2, 0.25) is 0 Å². The van der Waals surface area contributed by atoms with Crippen LogP contribution in [0.1, 0.15) is 37.1 Å². The van der Waals surface area contributed by atoms with Crippen LogP contribution in [0.15, 0.2) is 36.7 Å². The second-order valence-electron chi connectivity index (χ2n) is 6.14. The summed E-state index contributed by atoms with van der Waals surface area (Å²) in [6.45, 7) is 8.54. The Bertz CT molecular complexity index is 895. The number of rotatable bonds is 5. The first-order valence-corrected chi connectivity index (χ1v) is 8.57. The third kappa shape index (κ3) is 3.74. The molecule has 3 aromatic rings.